The zero-order valence-corrected chi connectivity index (χ0v) is 11.9. The highest BCUT2D eigenvalue weighted by Crippen LogP contribution is 2.27. The van der Waals surface area contributed by atoms with E-state index in [1.165, 1.54) is 0 Å². The summed E-state index contributed by atoms with van der Waals surface area (Å²) >= 11 is 12.0. The van der Waals surface area contributed by atoms with E-state index in [-0.39, 0.29) is 0 Å². The Bertz CT molecular complexity index is 831. The highest BCUT2D eigenvalue weighted by atomic mass is 35.5. The number of aromatic nitrogens is 2. The summed E-state index contributed by atoms with van der Waals surface area (Å²) in [4.78, 5) is 4.31. The fourth-order valence-corrected chi connectivity index (χ4v) is 2.43. The van der Waals surface area contributed by atoms with Gasteiger partial charge in [-0.1, -0.05) is 35.3 Å². The molecule has 0 aliphatic heterocycles. The van der Waals surface area contributed by atoms with Crippen molar-refractivity contribution in [2.24, 2.45) is 0 Å². The number of benzene rings is 2. The van der Waals surface area contributed by atoms with Gasteiger partial charge < -0.3 is 4.57 Å². The Morgan fingerprint density at radius 3 is 2.75 bits per heavy atom. The third kappa shape index (κ3) is 2.36. The van der Waals surface area contributed by atoms with E-state index in [2.05, 4.69) is 11.1 Å². The Balaban J connectivity index is 2.02. The van der Waals surface area contributed by atoms with E-state index in [0.717, 1.165) is 16.6 Å². The zero-order valence-electron chi connectivity index (χ0n) is 10.3. The van der Waals surface area contributed by atoms with Gasteiger partial charge in [-0.2, -0.15) is 5.26 Å². The van der Waals surface area contributed by atoms with Gasteiger partial charge in [-0.15, -0.1) is 0 Å². The zero-order chi connectivity index (χ0) is 14.1. The van der Waals surface area contributed by atoms with Crippen LogP contribution in [-0.2, 0) is 6.54 Å². The molecule has 0 spiro atoms. The molecule has 2 aromatic carbocycles. The number of nitriles is 1. The van der Waals surface area contributed by atoms with Crippen LogP contribution < -0.4 is 0 Å². The lowest BCUT2D eigenvalue weighted by atomic mass is 10.1. The molecular weight excluding hydrogens is 293 g/mol. The molecule has 0 atom stereocenters. The molecule has 0 saturated carbocycles. The minimum atomic E-state index is 0.496. The van der Waals surface area contributed by atoms with Crippen LogP contribution in [0.4, 0.5) is 0 Å². The molecule has 0 unspecified atom stereocenters. The predicted octanol–water partition coefficient (Wildman–Crippen LogP) is 4.26. The highest BCUT2D eigenvalue weighted by molar-refractivity contribution is 6.42. The number of halogens is 2. The summed E-state index contributed by atoms with van der Waals surface area (Å²) in [5, 5.41) is 9.93. The molecule has 0 saturated heterocycles. The fraction of sp³-hybridized carbons (Fsp3) is 0.0667. The largest absolute Gasteiger partial charge is 0.326 e. The highest BCUT2D eigenvalue weighted by Gasteiger charge is 2.07. The Morgan fingerprint density at radius 2 is 1.95 bits per heavy atom. The number of imidazole rings is 1. The molecule has 98 valence electrons. The first-order chi connectivity index (χ1) is 9.67. The van der Waals surface area contributed by atoms with Crippen LogP contribution in [0.25, 0.3) is 11.0 Å². The molecule has 0 radical (unpaired) electrons. The minimum absolute atomic E-state index is 0.496. The lowest BCUT2D eigenvalue weighted by molar-refractivity contribution is 0.824. The monoisotopic (exact) mass is 301 g/mol. The second-order valence-corrected chi connectivity index (χ2v) is 5.25. The third-order valence-electron chi connectivity index (χ3n) is 3.07. The van der Waals surface area contributed by atoms with Crippen molar-refractivity contribution in [1.82, 2.24) is 9.55 Å². The molecular formula is C15H9Cl2N3. The minimum Gasteiger partial charge on any atom is -0.326 e. The predicted molar refractivity (Wildman–Crippen MR) is 80.0 cm³/mol. The molecule has 1 heterocycles. The van der Waals surface area contributed by atoms with Gasteiger partial charge in [0.1, 0.15) is 0 Å². The second-order valence-electron chi connectivity index (χ2n) is 4.44. The standard InChI is InChI=1S/C15H9Cl2N3/c16-12-5-14-15(6-13(12)17)20(9-19-14)8-11-3-1-2-10(4-11)7-18/h1-6,9H,8H2. The van der Waals surface area contributed by atoms with E-state index >= 15 is 0 Å². The Kier molecular flexibility index (Phi) is 3.35. The normalized spacial score (nSPS) is 10.7. The van der Waals surface area contributed by atoms with Gasteiger partial charge >= 0.3 is 0 Å². The topological polar surface area (TPSA) is 41.6 Å². The molecule has 20 heavy (non-hydrogen) atoms. The maximum atomic E-state index is 8.93. The van der Waals surface area contributed by atoms with Crippen molar-refractivity contribution in [2.45, 2.75) is 6.54 Å². The molecule has 0 fully saturated rings. The Hall–Kier alpha value is -2.02. The Labute approximate surface area is 126 Å². The summed E-state index contributed by atoms with van der Waals surface area (Å²) in [7, 11) is 0. The second kappa shape index (κ2) is 5.16. The van der Waals surface area contributed by atoms with Crippen LogP contribution in [0.1, 0.15) is 11.1 Å². The molecule has 3 nitrogen and oxygen atoms in total. The van der Waals surface area contributed by atoms with E-state index in [1.54, 1.807) is 24.5 Å². The average molecular weight is 302 g/mol. The average Bonchev–Trinajstić information content (AvgIpc) is 2.82. The lowest BCUT2D eigenvalue weighted by Gasteiger charge is -2.05. The van der Waals surface area contributed by atoms with Gasteiger partial charge in [0.2, 0.25) is 0 Å². The van der Waals surface area contributed by atoms with E-state index in [0.29, 0.717) is 22.2 Å². The quantitative estimate of drug-likeness (QED) is 0.709. The summed E-state index contributed by atoms with van der Waals surface area (Å²) in [6, 6.07) is 13.2. The van der Waals surface area contributed by atoms with Crippen molar-refractivity contribution in [3.63, 3.8) is 0 Å². The first-order valence-electron chi connectivity index (χ1n) is 5.96. The van der Waals surface area contributed by atoms with Crippen LogP contribution in [0, 0.1) is 11.3 Å². The van der Waals surface area contributed by atoms with E-state index < -0.39 is 0 Å². The number of rotatable bonds is 2. The molecule has 0 bridgehead atoms. The molecule has 0 aliphatic carbocycles. The molecule has 3 rings (SSSR count). The maximum absolute atomic E-state index is 8.93. The van der Waals surface area contributed by atoms with Crippen molar-refractivity contribution < 1.29 is 0 Å². The van der Waals surface area contributed by atoms with E-state index in [1.807, 2.05) is 22.8 Å². The fourth-order valence-electron chi connectivity index (χ4n) is 2.12. The number of hydrogen-bond acceptors (Lipinski definition) is 2. The smallest absolute Gasteiger partial charge is 0.0991 e. The summed E-state index contributed by atoms with van der Waals surface area (Å²) in [5.74, 6) is 0. The molecule has 1 aromatic heterocycles. The van der Waals surface area contributed by atoms with Crippen molar-refractivity contribution in [1.29, 1.82) is 5.26 Å². The molecule has 0 N–H and O–H groups in total. The van der Waals surface area contributed by atoms with Gasteiger partial charge in [-0.3, -0.25) is 0 Å². The SMILES string of the molecule is N#Cc1cccc(Cn2cnc3cc(Cl)c(Cl)cc32)c1. The molecule has 0 aliphatic rings. The lowest BCUT2D eigenvalue weighted by Crippen LogP contribution is -1.98. The van der Waals surface area contributed by atoms with Gasteiger partial charge in [0, 0.05) is 6.54 Å². The van der Waals surface area contributed by atoms with Crippen LogP contribution in [0.5, 0.6) is 0 Å². The summed E-state index contributed by atoms with van der Waals surface area (Å²) < 4.78 is 1.98. The van der Waals surface area contributed by atoms with Crippen LogP contribution in [-0.4, -0.2) is 9.55 Å². The van der Waals surface area contributed by atoms with Crippen LogP contribution in [0.2, 0.25) is 10.0 Å². The summed E-state index contributed by atoms with van der Waals surface area (Å²) in [6.45, 7) is 0.629. The van der Waals surface area contributed by atoms with Crippen LogP contribution >= 0.6 is 23.2 Å². The van der Waals surface area contributed by atoms with E-state index in [4.69, 9.17) is 28.5 Å². The summed E-state index contributed by atoms with van der Waals surface area (Å²) in [5.41, 5.74) is 3.40. The Morgan fingerprint density at radius 1 is 1.15 bits per heavy atom. The van der Waals surface area contributed by atoms with Crippen LogP contribution in [0.3, 0.4) is 0 Å². The van der Waals surface area contributed by atoms with Gasteiger partial charge in [-0.25, -0.2) is 4.98 Å². The molecule has 5 heteroatoms. The van der Waals surface area contributed by atoms with Crippen molar-refractivity contribution in [3.05, 3.63) is 63.9 Å². The first kappa shape index (κ1) is 13.0. The van der Waals surface area contributed by atoms with Crippen molar-refractivity contribution in [2.75, 3.05) is 0 Å². The van der Waals surface area contributed by atoms with Crippen LogP contribution in [0.15, 0.2) is 42.7 Å². The number of hydrogen-bond donors (Lipinski definition) is 0. The third-order valence-corrected chi connectivity index (χ3v) is 3.79. The number of fused-ring (bicyclic) bond motifs is 1. The van der Waals surface area contributed by atoms with E-state index in [9.17, 15) is 0 Å². The van der Waals surface area contributed by atoms with Crippen molar-refractivity contribution in [3.8, 4) is 6.07 Å². The molecule has 0 amide bonds. The molecule has 3 aromatic rings. The first-order valence-corrected chi connectivity index (χ1v) is 6.72. The maximum Gasteiger partial charge on any atom is 0.0991 e. The van der Waals surface area contributed by atoms with Gasteiger partial charge in [0.05, 0.1) is 39.0 Å². The summed E-state index contributed by atoms with van der Waals surface area (Å²) in [6.07, 6.45) is 1.75. The van der Waals surface area contributed by atoms with Gasteiger partial charge in [0.15, 0.2) is 0 Å². The van der Waals surface area contributed by atoms with Gasteiger partial charge in [-0.05, 0) is 29.8 Å². The van der Waals surface area contributed by atoms with Gasteiger partial charge in [0.25, 0.3) is 0 Å². The number of nitrogens with zero attached hydrogens (tertiary/aromatic N) is 3. The van der Waals surface area contributed by atoms with Crippen molar-refractivity contribution >= 4 is 34.2 Å².